The van der Waals surface area contributed by atoms with Crippen LogP contribution >= 0.6 is 11.8 Å². The average molecular weight is 312 g/mol. The molecule has 6 heteroatoms. The van der Waals surface area contributed by atoms with Crippen molar-refractivity contribution in [3.8, 4) is 0 Å². The zero-order valence-electron chi connectivity index (χ0n) is 11.9. The molecule has 2 rings (SSSR count). The van der Waals surface area contributed by atoms with Gasteiger partial charge in [-0.25, -0.2) is 0 Å². The number of para-hydroxylation sites is 1. The highest BCUT2D eigenvalue weighted by Gasteiger charge is 2.30. The van der Waals surface area contributed by atoms with Gasteiger partial charge in [-0.3, -0.25) is 0 Å². The van der Waals surface area contributed by atoms with Crippen molar-refractivity contribution in [3.05, 3.63) is 24.3 Å². The van der Waals surface area contributed by atoms with Gasteiger partial charge in [-0.15, -0.1) is 4.40 Å². The Hall–Kier alpha value is -1.01. The van der Waals surface area contributed by atoms with Crippen LogP contribution < -0.4 is 4.90 Å². The van der Waals surface area contributed by atoms with E-state index in [2.05, 4.69) is 18.2 Å². The molecule has 0 atom stereocenters. The highest BCUT2D eigenvalue weighted by atomic mass is 32.2. The Morgan fingerprint density at radius 2 is 1.95 bits per heavy atom. The van der Waals surface area contributed by atoms with E-state index in [9.17, 15) is 8.42 Å². The third-order valence-corrected chi connectivity index (χ3v) is 5.53. The van der Waals surface area contributed by atoms with E-state index in [4.69, 9.17) is 0 Å². The Kier molecular flexibility index (Phi) is 5.10. The van der Waals surface area contributed by atoms with E-state index in [0.29, 0.717) is 10.1 Å². The van der Waals surface area contributed by atoms with Crippen molar-refractivity contribution in [3.63, 3.8) is 0 Å². The van der Waals surface area contributed by atoms with Crippen LogP contribution in [0.15, 0.2) is 33.6 Å². The first kappa shape index (κ1) is 15.4. The molecule has 0 radical (unpaired) electrons. The second-order valence-corrected chi connectivity index (χ2v) is 7.30. The Bertz CT molecular complexity index is 597. The van der Waals surface area contributed by atoms with Crippen molar-refractivity contribution in [1.82, 2.24) is 0 Å². The SMILES string of the molecule is CCCCSC1=NS(=O)(=O)c2ccccc2N1CCC. The number of benzene rings is 1. The van der Waals surface area contributed by atoms with Crippen LogP contribution in [-0.2, 0) is 10.0 Å². The van der Waals surface area contributed by atoms with Crippen LogP contribution in [0.2, 0.25) is 0 Å². The van der Waals surface area contributed by atoms with E-state index < -0.39 is 10.0 Å². The third-order valence-electron chi connectivity index (χ3n) is 3.04. The van der Waals surface area contributed by atoms with Gasteiger partial charge in [0.2, 0.25) is 0 Å². The highest BCUT2D eigenvalue weighted by Crippen LogP contribution is 2.34. The second-order valence-electron chi connectivity index (χ2n) is 4.67. The minimum absolute atomic E-state index is 0.313. The van der Waals surface area contributed by atoms with Gasteiger partial charge >= 0.3 is 0 Å². The van der Waals surface area contributed by atoms with Crippen LogP contribution in [-0.4, -0.2) is 25.9 Å². The first-order valence-electron chi connectivity index (χ1n) is 6.94. The predicted molar refractivity (Wildman–Crippen MR) is 86.1 cm³/mol. The lowest BCUT2D eigenvalue weighted by Crippen LogP contribution is -2.34. The maximum absolute atomic E-state index is 12.2. The topological polar surface area (TPSA) is 49.7 Å². The normalized spacial score (nSPS) is 16.7. The van der Waals surface area contributed by atoms with E-state index >= 15 is 0 Å². The molecular weight excluding hydrogens is 292 g/mol. The summed E-state index contributed by atoms with van der Waals surface area (Å²) in [6, 6.07) is 7.10. The fourth-order valence-electron chi connectivity index (χ4n) is 2.05. The number of amidine groups is 1. The number of fused-ring (bicyclic) bond motifs is 1. The van der Waals surface area contributed by atoms with Crippen LogP contribution in [0.25, 0.3) is 0 Å². The first-order valence-corrected chi connectivity index (χ1v) is 9.37. The smallest absolute Gasteiger partial charge is 0.286 e. The molecule has 1 aliphatic heterocycles. The number of thioether (sulfide) groups is 1. The largest absolute Gasteiger partial charge is 0.319 e. The molecule has 0 fully saturated rings. The van der Waals surface area contributed by atoms with Gasteiger partial charge in [0.15, 0.2) is 5.17 Å². The summed E-state index contributed by atoms with van der Waals surface area (Å²) in [6.45, 7) is 4.99. The van der Waals surface area contributed by atoms with Gasteiger partial charge in [-0.05, 0) is 25.0 Å². The zero-order chi connectivity index (χ0) is 14.6. The van der Waals surface area contributed by atoms with E-state index in [1.54, 1.807) is 12.1 Å². The van der Waals surface area contributed by atoms with Crippen molar-refractivity contribution in [2.45, 2.75) is 38.0 Å². The molecule has 1 aromatic rings. The van der Waals surface area contributed by atoms with Crippen LogP contribution in [0.3, 0.4) is 0 Å². The number of sulfonamides is 1. The molecule has 0 bridgehead atoms. The molecule has 0 unspecified atom stereocenters. The minimum atomic E-state index is -3.55. The van der Waals surface area contributed by atoms with E-state index in [0.717, 1.165) is 37.2 Å². The second kappa shape index (κ2) is 6.63. The molecule has 1 heterocycles. The van der Waals surface area contributed by atoms with Crippen LogP contribution in [0, 0.1) is 0 Å². The Morgan fingerprint density at radius 3 is 2.65 bits per heavy atom. The Morgan fingerprint density at radius 1 is 1.20 bits per heavy atom. The Balaban J connectivity index is 2.38. The van der Waals surface area contributed by atoms with Crippen LogP contribution in [0.5, 0.6) is 0 Å². The summed E-state index contributed by atoms with van der Waals surface area (Å²) in [4.78, 5) is 2.34. The molecule has 1 aliphatic rings. The third kappa shape index (κ3) is 3.17. The van der Waals surface area contributed by atoms with Crippen molar-refractivity contribution in [2.24, 2.45) is 4.40 Å². The zero-order valence-corrected chi connectivity index (χ0v) is 13.5. The molecule has 0 saturated heterocycles. The molecule has 110 valence electrons. The van der Waals surface area contributed by atoms with Gasteiger partial charge in [0.1, 0.15) is 4.90 Å². The summed E-state index contributed by atoms with van der Waals surface area (Å²) in [5.74, 6) is 0.896. The van der Waals surface area contributed by atoms with Gasteiger partial charge in [0.25, 0.3) is 10.0 Å². The molecule has 0 aromatic heterocycles. The van der Waals surface area contributed by atoms with Gasteiger partial charge in [-0.2, -0.15) is 8.42 Å². The lowest BCUT2D eigenvalue weighted by atomic mass is 10.3. The van der Waals surface area contributed by atoms with Crippen molar-refractivity contribution in [2.75, 3.05) is 17.2 Å². The fourth-order valence-corrected chi connectivity index (χ4v) is 4.62. The number of unbranched alkanes of at least 4 members (excludes halogenated alkanes) is 1. The van der Waals surface area contributed by atoms with Crippen molar-refractivity contribution < 1.29 is 8.42 Å². The number of rotatable bonds is 5. The van der Waals surface area contributed by atoms with Gasteiger partial charge in [0, 0.05) is 12.3 Å². The van der Waals surface area contributed by atoms with E-state index in [-0.39, 0.29) is 0 Å². The minimum Gasteiger partial charge on any atom is -0.319 e. The number of anilines is 1. The van der Waals surface area contributed by atoms with Gasteiger partial charge in [0.05, 0.1) is 5.69 Å². The molecule has 4 nitrogen and oxygen atoms in total. The van der Waals surface area contributed by atoms with Crippen LogP contribution in [0.4, 0.5) is 5.69 Å². The molecular formula is C14H20N2O2S2. The molecule has 0 amide bonds. The van der Waals surface area contributed by atoms with Crippen molar-refractivity contribution >= 4 is 32.6 Å². The van der Waals surface area contributed by atoms with Crippen LogP contribution in [0.1, 0.15) is 33.1 Å². The van der Waals surface area contributed by atoms with E-state index in [1.807, 2.05) is 17.0 Å². The number of hydrogen-bond donors (Lipinski definition) is 0. The monoisotopic (exact) mass is 312 g/mol. The summed E-state index contributed by atoms with van der Waals surface area (Å²) in [6.07, 6.45) is 3.10. The molecule has 0 aliphatic carbocycles. The standard InChI is InChI=1S/C14H20N2O2S2/c1-3-5-11-19-14-15-20(17,18)13-9-7-6-8-12(13)16(14)10-4-2/h6-9H,3-5,10-11H2,1-2H3. The Labute approximate surface area is 125 Å². The molecule has 0 spiro atoms. The number of hydrogen-bond acceptors (Lipinski definition) is 4. The molecule has 1 aromatic carbocycles. The summed E-state index contributed by atoms with van der Waals surface area (Å²) in [7, 11) is -3.55. The summed E-state index contributed by atoms with van der Waals surface area (Å²) >= 11 is 1.53. The predicted octanol–water partition coefficient (Wildman–Crippen LogP) is 3.49. The summed E-state index contributed by atoms with van der Waals surface area (Å²) in [5.41, 5.74) is 0.753. The highest BCUT2D eigenvalue weighted by molar-refractivity contribution is 8.14. The van der Waals surface area contributed by atoms with Gasteiger partial charge < -0.3 is 4.90 Å². The fraction of sp³-hybridized carbons (Fsp3) is 0.500. The lowest BCUT2D eigenvalue weighted by Gasteiger charge is -2.30. The maximum atomic E-state index is 12.2. The summed E-state index contributed by atoms with van der Waals surface area (Å²) in [5, 5.41) is 0.610. The van der Waals surface area contributed by atoms with E-state index in [1.165, 1.54) is 11.8 Å². The first-order chi connectivity index (χ1) is 9.60. The molecule has 0 saturated carbocycles. The molecule has 0 N–H and O–H groups in total. The maximum Gasteiger partial charge on any atom is 0.286 e. The quantitative estimate of drug-likeness (QED) is 0.781. The van der Waals surface area contributed by atoms with Gasteiger partial charge in [-0.1, -0.05) is 44.2 Å². The van der Waals surface area contributed by atoms with Crippen molar-refractivity contribution in [1.29, 1.82) is 0 Å². The number of nitrogens with zero attached hydrogens (tertiary/aromatic N) is 2. The summed E-state index contributed by atoms with van der Waals surface area (Å²) < 4.78 is 28.5. The molecule has 20 heavy (non-hydrogen) atoms. The average Bonchev–Trinajstić information content (AvgIpc) is 2.43. The lowest BCUT2D eigenvalue weighted by molar-refractivity contribution is 0.597.